The van der Waals surface area contributed by atoms with Crippen LogP contribution in [0.2, 0.25) is 5.02 Å². The molecule has 0 N–H and O–H groups in total. The van der Waals surface area contributed by atoms with Crippen LogP contribution < -0.4 is 0 Å². The predicted octanol–water partition coefficient (Wildman–Crippen LogP) is 3.39. The fourth-order valence-corrected chi connectivity index (χ4v) is 2.58. The molecule has 0 radical (unpaired) electrons. The molecule has 1 rings (SSSR count). The van der Waals surface area contributed by atoms with E-state index in [2.05, 4.69) is 0 Å². The lowest BCUT2D eigenvalue weighted by Gasteiger charge is -2.08. The maximum atomic E-state index is 11.2. The standard InChI is InChI=1S/C10H12Cl2O2S/c1-3-7-5-9(15(12,13)14)6-8(4-2)10(7)11/h5-6H,3-4H2,1-2H3. The summed E-state index contributed by atoms with van der Waals surface area (Å²) >= 11 is 6.09. The van der Waals surface area contributed by atoms with Crippen LogP contribution in [0.1, 0.15) is 25.0 Å². The topological polar surface area (TPSA) is 34.1 Å². The zero-order valence-corrected chi connectivity index (χ0v) is 10.9. The Labute approximate surface area is 99.6 Å². The van der Waals surface area contributed by atoms with E-state index in [-0.39, 0.29) is 4.90 Å². The Morgan fingerprint density at radius 1 is 1.13 bits per heavy atom. The minimum atomic E-state index is -3.67. The van der Waals surface area contributed by atoms with Crippen LogP contribution in [0, 0.1) is 0 Å². The van der Waals surface area contributed by atoms with E-state index in [0.29, 0.717) is 17.9 Å². The summed E-state index contributed by atoms with van der Waals surface area (Å²) in [6.07, 6.45) is 1.37. The first-order valence-corrected chi connectivity index (χ1v) is 7.34. The van der Waals surface area contributed by atoms with Crippen molar-refractivity contribution in [1.82, 2.24) is 0 Å². The Hall–Kier alpha value is -0.250. The molecule has 0 atom stereocenters. The number of benzene rings is 1. The molecule has 0 saturated heterocycles. The lowest BCUT2D eigenvalue weighted by molar-refractivity contribution is 0.609. The number of halogens is 2. The summed E-state index contributed by atoms with van der Waals surface area (Å²) in [5, 5.41) is 0.643. The number of hydrogen-bond acceptors (Lipinski definition) is 2. The van der Waals surface area contributed by atoms with Crippen LogP contribution in [0.5, 0.6) is 0 Å². The fraction of sp³-hybridized carbons (Fsp3) is 0.400. The minimum absolute atomic E-state index is 0.127. The molecule has 84 valence electrons. The Morgan fingerprint density at radius 2 is 1.53 bits per heavy atom. The SMILES string of the molecule is CCc1cc(S(=O)(=O)Cl)cc(CC)c1Cl. The molecule has 0 saturated carbocycles. The lowest BCUT2D eigenvalue weighted by Crippen LogP contribution is -1.97. The highest BCUT2D eigenvalue weighted by atomic mass is 35.7. The van der Waals surface area contributed by atoms with Crippen LogP contribution in [0.15, 0.2) is 17.0 Å². The molecule has 0 spiro atoms. The number of rotatable bonds is 3. The van der Waals surface area contributed by atoms with Crippen molar-refractivity contribution in [3.8, 4) is 0 Å². The quantitative estimate of drug-likeness (QED) is 0.786. The van der Waals surface area contributed by atoms with E-state index >= 15 is 0 Å². The van der Waals surface area contributed by atoms with Gasteiger partial charge >= 0.3 is 0 Å². The van der Waals surface area contributed by atoms with Gasteiger partial charge in [0, 0.05) is 15.7 Å². The zero-order chi connectivity index (χ0) is 11.6. The van der Waals surface area contributed by atoms with Gasteiger partial charge in [0.15, 0.2) is 0 Å². The molecule has 1 aromatic rings. The summed E-state index contributed by atoms with van der Waals surface area (Å²) in [6, 6.07) is 3.06. The first kappa shape index (κ1) is 12.8. The largest absolute Gasteiger partial charge is 0.261 e. The van der Waals surface area contributed by atoms with E-state index in [1.54, 1.807) is 0 Å². The molecular weight excluding hydrogens is 255 g/mol. The molecule has 0 heterocycles. The van der Waals surface area contributed by atoms with Gasteiger partial charge in [0.25, 0.3) is 9.05 Å². The minimum Gasteiger partial charge on any atom is -0.207 e. The summed E-state index contributed by atoms with van der Waals surface area (Å²) in [4.78, 5) is 0.127. The molecule has 0 unspecified atom stereocenters. The van der Waals surface area contributed by atoms with Crippen LogP contribution in [-0.4, -0.2) is 8.42 Å². The van der Waals surface area contributed by atoms with E-state index in [0.717, 1.165) is 11.1 Å². The number of hydrogen-bond donors (Lipinski definition) is 0. The van der Waals surface area contributed by atoms with Crippen molar-refractivity contribution in [1.29, 1.82) is 0 Å². The van der Waals surface area contributed by atoms with Gasteiger partial charge in [-0.25, -0.2) is 8.42 Å². The highest BCUT2D eigenvalue weighted by molar-refractivity contribution is 8.13. The smallest absolute Gasteiger partial charge is 0.207 e. The van der Waals surface area contributed by atoms with Crippen molar-refractivity contribution in [3.05, 3.63) is 28.3 Å². The van der Waals surface area contributed by atoms with Crippen LogP contribution in [0.3, 0.4) is 0 Å². The molecule has 5 heteroatoms. The molecular formula is C10H12Cl2O2S. The van der Waals surface area contributed by atoms with E-state index in [1.165, 1.54) is 12.1 Å². The average molecular weight is 267 g/mol. The highest BCUT2D eigenvalue weighted by Crippen LogP contribution is 2.27. The van der Waals surface area contributed by atoms with Gasteiger partial charge in [-0.15, -0.1) is 0 Å². The summed E-state index contributed by atoms with van der Waals surface area (Å²) in [6.45, 7) is 3.84. The third kappa shape index (κ3) is 2.86. The second kappa shape index (κ2) is 4.73. The van der Waals surface area contributed by atoms with E-state index in [9.17, 15) is 8.42 Å². The molecule has 0 bridgehead atoms. The summed E-state index contributed by atoms with van der Waals surface area (Å²) in [7, 11) is 1.63. The van der Waals surface area contributed by atoms with Crippen molar-refractivity contribution in [2.24, 2.45) is 0 Å². The molecule has 0 aliphatic carbocycles. The van der Waals surface area contributed by atoms with Gasteiger partial charge in [0.05, 0.1) is 4.90 Å². The van der Waals surface area contributed by atoms with Crippen molar-refractivity contribution in [2.45, 2.75) is 31.6 Å². The van der Waals surface area contributed by atoms with Crippen molar-refractivity contribution in [3.63, 3.8) is 0 Å². The zero-order valence-electron chi connectivity index (χ0n) is 8.55. The van der Waals surface area contributed by atoms with E-state index < -0.39 is 9.05 Å². The summed E-state index contributed by atoms with van der Waals surface area (Å²) in [5.41, 5.74) is 1.63. The van der Waals surface area contributed by atoms with Crippen molar-refractivity contribution < 1.29 is 8.42 Å². The molecule has 0 fully saturated rings. The average Bonchev–Trinajstić information content (AvgIpc) is 2.16. The van der Waals surface area contributed by atoms with Crippen LogP contribution in [-0.2, 0) is 21.9 Å². The van der Waals surface area contributed by atoms with Gasteiger partial charge in [-0.1, -0.05) is 25.4 Å². The van der Waals surface area contributed by atoms with E-state index in [4.69, 9.17) is 22.3 Å². The molecule has 0 amide bonds. The summed E-state index contributed by atoms with van der Waals surface area (Å²) < 4.78 is 22.4. The van der Waals surface area contributed by atoms with Gasteiger partial charge in [0.1, 0.15) is 0 Å². The Kier molecular flexibility index (Phi) is 4.04. The van der Waals surface area contributed by atoms with Gasteiger partial charge in [-0.3, -0.25) is 0 Å². The normalized spacial score (nSPS) is 11.7. The summed E-state index contributed by atoms with van der Waals surface area (Å²) in [5.74, 6) is 0. The van der Waals surface area contributed by atoms with Crippen LogP contribution in [0.4, 0.5) is 0 Å². The molecule has 0 aliphatic rings. The second-order valence-electron chi connectivity index (χ2n) is 3.20. The van der Waals surface area contributed by atoms with Gasteiger partial charge in [-0.05, 0) is 36.1 Å². The maximum Gasteiger partial charge on any atom is 0.261 e. The third-order valence-electron chi connectivity index (χ3n) is 2.24. The Balaban J connectivity index is 3.47. The monoisotopic (exact) mass is 266 g/mol. The Bertz CT molecular complexity index is 441. The van der Waals surface area contributed by atoms with Gasteiger partial charge in [0.2, 0.25) is 0 Å². The first-order chi connectivity index (χ1) is 6.90. The highest BCUT2D eigenvalue weighted by Gasteiger charge is 2.14. The Morgan fingerprint density at radius 3 is 1.80 bits per heavy atom. The molecule has 0 aliphatic heterocycles. The van der Waals surface area contributed by atoms with Gasteiger partial charge in [-0.2, -0.15) is 0 Å². The lowest BCUT2D eigenvalue weighted by atomic mass is 10.1. The molecule has 1 aromatic carbocycles. The third-order valence-corrected chi connectivity index (χ3v) is 4.06. The van der Waals surface area contributed by atoms with Crippen LogP contribution in [0.25, 0.3) is 0 Å². The maximum absolute atomic E-state index is 11.2. The predicted molar refractivity (Wildman–Crippen MR) is 63.2 cm³/mol. The first-order valence-electron chi connectivity index (χ1n) is 4.66. The number of aryl methyl sites for hydroxylation is 2. The van der Waals surface area contributed by atoms with Crippen molar-refractivity contribution >= 4 is 31.3 Å². The molecule has 2 nitrogen and oxygen atoms in total. The van der Waals surface area contributed by atoms with E-state index in [1.807, 2.05) is 13.8 Å². The molecule has 0 aromatic heterocycles. The van der Waals surface area contributed by atoms with Crippen LogP contribution >= 0.6 is 22.3 Å². The molecule has 15 heavy (non-hydrogen) atoms. The van der Waals surface area contributed by atoms with Crippen molar-refractivity contribution in [2.75, 3.05) is 0 Å². The van der Waals surface area contributed by atoms with Gasteiger partial charge < -0.3 is 0 Å². The second-order valence-corrected chi connectivity index (χ2v) is 6.14. The fourth-order valence-electron chi connectivity index (χ4n) is 1.37.